The Hall–Kier alpha value is -4.53. The summed E-state index contributed by atoms with van der Waals surface area (Å²) in [6, 6.07) is 3.76. The topological polar surface area (TPSA) is 215 Å². The zero-order valence-corrected chi connectivity index (χ0v) is 31.3. The molecule has 1 aliphatic rings. The molecule has 6 amide bonds. The second-order valence-electron chi connectivity index (χ2n) is 15.0. The lowest BCUT2D eigenvalue weighted by Gasteiger charge is -2.31. The number of ether oxygens (including phenoxy) is 2. The van der Waals surface area contributed by atoms with E-state index in [-0.39, 0.29) is 25.3 Å². The molecule has 1 saturated heterocycles. The number of carbonyl (C=O) groups is 7. The summed E-state index contributed by atoms with van der Waals surface area (Å²) in [6.45, 7) is 15.4. The number of nitrogens with one attached hydrogen (secondary N) is 4. The van der Waals surface area contributed by atoms with Crippen molar-refractivity contribution >= 4 is 41.4 Å². The first-order valence-corrected chi connectivity index (χ1v) is 17.4. The van der Waals surface area contributed by atoms with Crippen molar-refractivity contribution in [2.75, 3.05) is 13.1 Å². The quantitative estimate of drug-likeness (QED) is 0.158. The SMILES string of the molecule is CCCCC(NC(=O)[C@@H]1C[C@@H](OC(C)(C)C)CN1C(=O)[C@@H](NC(=O)OC(C)(C)C)C(C)C)C(=O)C(=O)NCC(=O)N[C@H](C(N)=O)c1ccccc1. The van der Waals surface area contributed by atoms with Crippen LogP contribution in [0.1, 0.15) is 99.6 Å². The molecule has 15 nitrogen and oxygen atoms in total. The Balaban J connectivity index is 2.23. The maximum absolute atomic E-state index is 14.0. The molecule has 0 saturated carbocycles. The van der Waals surface area contributed by atoms with Gasteiger partial charge in [-0.3, -0.25) is 28.8 Å². The summed E-state index contributed by atoms with van der Waals surface area (Å²) >= 11 is 0. The third-order valence-corrected chi connectivity index (χ3v) is 7.81. The highest BCUT2D eigenvalue weighted by atomic mass is 16.6. The maximum Gasteiger partial charge on any atom is 0.408 e. The molecule has 15 heteroatoms. The van der Waals surface area contributed by atoms with E-state index in [1.807, 2.05) is 27.7 Å². The molecule has 0 aliphatic carbocycles. The first kappa shape index (κ1) is 42.6. The zero-order valence-electron chi connectivity index (χ0n) is 31.3. The van der Waals surface area contributed by atoms with Gasteiger partial charge in [-0.15, -0.1) is 0 Å². The fourth-order valence-corrected chi connectivity index (χ4v) is 5.53. The molecule has 5 atom stereocenters. The van der Waals surface area contributed by atoms with E-state index in [0.29, 0.717) is 18.4 Å². The van der Waals surface area contributed by atoms with Gasteiger partial charge in [0.15, 0.2) is 0 Å². The minimum atomic E-state index is -1.26. The lowest BCUT2D eigenvalue weighted by atomic mass is 10.0. The van der Waals surface area contributed by atoms with E-state index in [9.17, 15) is 33.6 Å². The molecule has 0 radical (unpaired) electrons. The molecule has 1 aromatic carbocycles. The molecule has 0 spiro atoms. The summed E-state index contributed by atoms with van der Waals surface area (Å²) in [5, 5.41) is 10.0. The number of hydrogen-bond donors (Lipinski definition) is 5. The summed E-state index contributed by atoms with van der Waals surface area (Å²) in [6.07, 6.45) is 0.0451. The number of nitrogens with two attached hydrogens (primary N) is 1. The lowest BCUT2D eigenvalue weighted by molar-refractivity contribution is -0.143. The van der Waals surface area contributed by atoms with Gasteiger partial charge in [0.25, 0.3) is 5.91 Å². The fraction of sp³-hybridized carbons (Fsp3) is 0.639. The van der Waals surface area contributed by atoms with Gasteiger partial charge < -0.3 is 41.4 Å². The van der Waals surface area contributed by atoms with Gasteiger partial charge in [0, 0.05) is 13.0 Å². The van der Waals surface area contributed by atoms with E-state index in [4.69, 9.17) is 15.2 Å². The van der Waals surface area contributed by atoms with Gasteiger partial charge in [-0.05, 0) is 59.4 Å². The van der Waals surface area contributed by atoms with Crippen LogP contribution < -0.4 is 27.0 Å². The highest BCUT2D eigenvalue weighted by Crippen LogP contribution is 2.27. The molecule has 1 unspecified atom stereocenters. The summed E-state index contributed by atoms with van der Waals surface area (Å²) in [5.41, 5.74) is 4.49. The number of likely N-dealkylation sites (tertiary alicyclic amines) is 1. The number of nitrogens with zero attached hydrogens (tertiary/aromatic N) is 1. The van der Waals surface area contributed by atoms with Crippen LogP contribution in [-0.2, 0) is 38.2 Å². The van der Waals surface area contributed by atoms with Gasteiger partial charge in [-0.2, -0.15) is 0 Å². The number of unbranched alkanes of at least 4 members (excludes halogenated alkanes) is 1. The average Bonchev–Trinajstić information content (AvgIpc) is 3.44. The van der Waals surface area contributed by atoms with Gasteiger partial charge in [0.1, 0.15) is 23.7 Å². The molecular weight excluding hydrogens is 660 g/mol. The Morgan fingerprint density at radius 1 is 0.922 bits per heavy atom. The van der Waals surface area contributed by atoms with Crippen LogP contribution in [0.2, 0.25) is 0 Å². The number of hydrogen-bond acceptors (Lipinski definition) is 9. The van der Waals surface area contributed by atoms with Crippen LogP contribution in [-0.4, -0.2) is 94.8 Å². The van der Waals surface area contributed by atoms with Crippen molar-refractivity contribution in [3.8, 4) is 0 Å². The van der Waals surface area contributed by atoms with E-state index < -0.39 is 89.4 Å². The normalized spacial score (nSPS) is 17.9. The third-order valence-electron chi connectivity index (χ3n) is 7.81. The number of amides is 6. The monoisotopic (exact) mass is 716 g/mol. The van der Waals surface area contributed by atoms with Crippen molar-refractivity contribution in [3.05, 3.63) is 35.9 Å². The number of rotatable bonds is 16. The second-order valence-corrected chi connectivity index (χ2v) is 15.0. The predicted molar refractivity (Wildman–Crippen MR) is 189 cm³/mol. The molecule has 0 aromatic heterocycles. The summed E-state index contributed by atoms with van der Waals surface area (Å²) in [5.74, 6) is -5.24. The number of primary amides is 1. The van der Waals surface area contributed by atoms with Crippen molar-refractivity contribution in [2.45, 2.75) is 129 Å². The second kappa shape index (κ2) is 18.6. The molecule has 51 heavy (non-hydrogen) atoms. The Bertz CT molecular complexity index is 1400. The predicted octanol–water partition coefficient (Wildman–Crippen LogP) is 2.02. The molecule has 1 heterocycles. The van der Waals surface area contributed by atoms with Gasteiger partial charge in [0.05, 0.1) is 24.3 Å². The summed E-state index contributed by atoms with van der Waals surface area (Å²) in [7, 11) is 0. The smallest absolute Gasteiger partial charge is 0.408 e. The van der Waals surface area contributed by atoms with Crippen molar-refractivity contribution < 1.29 is 43.0 Å². The maximum atomic E-state index is 14.0. The van der Waals surface area contributed by atoms with E-state index >= 15 is 0 Å². The Labute approximate surface area is 300 Å². The minimum absolute atomic E-state index is 0.0475. The van der Waals surface area contributed by atoms with Crippen LogP contribution in [0.15, 0.2) is 30.3 Å². The zero-order chi connectivity index (χ0) is 38.7. The van der Waals surface area contributed by atoms with Crippen LogP contribution in [0.5, 0.6) is 0 Å². The van der Waals surface area contributed by atoms with Crippen LogP contribution in [0.4, 0.5) is 4.79 Å². The van der Waals surface area contributed by atoms with E-state index in [1.54, 1.807) is 65.0 Å². The molecule has 1 aliphatic heterocycles. The molecular formula is C36H56N6O9. The number of carbonyl (C=O) groups excluding carboxylic acids is 7. The van der Waals surface area contributed by atoms with Crippen LogP contribution in [0.25, 0.3) is 0 Å². The van der Waals surface area contributed by atoms with Crippen molar-refractivity contribution in [1.29, 1.82) is 0 Å². The van der Waals surface area contributed by atoms with Crippen LogP contribution >= 0.6 is 0 Å². The van der Waals surface area contributed by atoms with E-state index in [2.05, 4.69) is 21.3 Å². The largest absolute Gasteiger partial charge is 0.444 e. The summed E-state index contributed by atoms with van der Waals surface area (Å²) < 4.78 is 11.5. The molecule has 2 rings (SSSR count). The highest BCUT2D eigenvalue weighted by molar-refractivity contribution is 6.38. The average molecular weight is 717 g/mol. The Morgan fingerprint density at radius 2 is 1.55 bits per heavy atom. The Morgan fingerprint density at radius 3 is 2.08 bits per heavy atom. The fourth-order valence-electron chi connectivity index (χ4n) is 5.53. The molecule has 1 aromatic rings. The third kappa shape index (κ3) is 14.0. The molecule has 6 N–H and O–H groups in total. The van der Waals surface area contributed by atoms with E-state index in [1.165, 1.54) is 4.90 Å². The first-order valence-electron chi connectivity index (χ1n) is 17.4. The van der Waals surface area contributed by atoms with Crippen molar-refractivity contribution in [2.24, 2.45) is 11.7 Å². The van der Waals surface area contributed by atoms with Crippen LogP contribution in [0.3, 0.4) is 0 Å². The number of Topliss-reactive ketones (excluding diaryl/α,β-unsaturated/α-hetero) is 1. The highest BCUT2D eigenvalue weighted by Gasteiger charge is 2.45. The number of alkyl carbamates (subject to hydrolysis) is 1. The minimum Gasteiger partial charge on any atom is -0.444 e. The first-order chi connectivity index (χ1) is 23.6. The molecule has 284 valence electrons. The molecule has 1 fully saturated rings. The van der Waals surface area contributed by atoms with Gasteiger partial charge >= 0.3 is 6.09 Å². The van der Waals surface area contributed by atoms with Crippen molar-refractivity contribution in [3.63, 3.8) is 0 Å². The number of benzene rings is 1. The van der Waals surface area contributed by atoms with Gasteiger partial charge in [-0.25, -0.2) is 4.79 Å². The van der Waals surface area contributed by atoms with Gasteiger partial charge in [-0.1, -0.05) is 63.9 Å². The standard InChI is InChI=1S/C36H56N6O9/c1-10-11-17-24(29(44)32(47)38-19-26(43)40-28(30(37)45)22-15-13-12-14-16-22)39-31(46)25-18-23(50-35(4,5)6)20-42(25)33(48)27(21(2)3)41-34(49)51-36(7,8)9/h12-16,21,23-25,27-28H,10-11,17-20H2,1-9H3,(H2,37,45)(H,38,47)(H,39,46)(H,40,43)(H,41,49)/t23-,24?,25+,27+,28+/m1/s1. The molecule has 0 bridgehead atoms. The Kier molecular flexibility index (Phi) is 15.6. The summed E-state index contributed by atoms with van der Waals surface area (Å²) in [4.78, 5) is 92.8. The van der Waals surface area contributed by atoms with Gasteiger partial charge in [0.2, 0.25) is 29.4 Å². The van der Waals surface area contributed by atoms with Crippen molar-refractivity contribution in [1.82, 2.24) is 26.2 Å². The van der Waals surface area contributed by atoms with E-state index in [0.717, 1.165) is 0 Å². The lowest BCUT2D eigenvalue weighted by Crippen LogP contribution is -2.57. The van der Waals surface area contributed by atoms with Crippen LogP contribution in [0, 0.1) is 5.92 Å². The number of ketones is 1.